The molecule has 2 rings (SSSR count). The number of rotatable bonds is 3. The first kappa shape index (κ1) is 13.3. The molecule has 0 aliphatic carbocycles. The van der Waals surface area contributed by atoms with Gasteiger partial charge in [0.15, 0.2) is 0 Å². The monoisotopic (exact) mass is 255 g/mol. The first-order valence-corrected chi connectivity index (χ1v) is 6.53. The predicted octanol–water partition coefficient (Wildman–Crippen LogP) is 0.0244. The third-order valence-corrected chi connectivity index (χ3v) is 3.84. The third-order valence-electron chi connectivity index (χ3n) is 3.84. The Morgan fingerprint density at radius 1 is 1.50 bits per heavy atom. The fourth-order valence-corrected chi connectivity index (χ4v) is 2.55. The van der Waals surface area contributed by atoms with Crippen LogP contribution in [0.2, 0.25) is 0 Å². The van der Waals surface area contributed by atoms with Crippen LogP contribution in [0.3, 0.4) is 0 Å². The van der Waals surface area contributed by atoms with Crippen molar-refractivity contribution < 1.29 is 14.3 Å². The standard InChI is InChI=1S/C12H21N3O3/c1-9-2-3-10(6-13)7-14(9)8-11(16)15-4-5-18-12(15)17/h9-10H,2-8,13H2,1H3. The molecule has 6 heteroatoms. The Balaban J connectivity index is 1.90. The molecule has 0 aromatic carbocycles. The summed E-state index contributed by atoms with van der Waals surface area (Å²) < 4.78 is 4.77. The van der Waals surface area contributed by atoms with Gasteiger partial charge in [-0.3, -0.25) is 9.69 Å². The second-order valence-electron chi connectivity index (χ2n) is 5.12. The lowest BCUT2D eigenvalue weighted by molar-refractivity contribution is -0.130. The van der Waals surface area contributed by atoms with Crippen LogP contribution in [0.15, 0.2) is 0 Å². The zero-order chi connectivity index (χ0) is 13.1. The van der Waals surface area contributed by atoms with Crippen molar-refractivity contribution in [3.8, 4) is 0 Å². The van der Waals surface area contributed by atoms with Gasteiger partial charge in [0.05, 0.1) is 13.1 Å². The average molecular weight is 255 g/mol. The summed E-state index contributed by atoms with van der Waals surface area (Å²) in [4.78, 5) is 26.6. The fourth-order valence-electron chi connectivity index (χ4n) is 2.55. The number of amides is 2. The molecule has 0 radical (unpaired) electrons. The van der Waals surface area contributed by atoms with Gasteiger partial charge in [-0.05, 0) is 32.2 Å². The quantitative estimate of drug-likeness (QED) is 0.769. The number of ether oxygens (including phenoxy) is 1. The zero-order valence-corrected chi connectivity index (χ0v) is 10.8. The summed E-state index contributed by atoms with van der Waals surface area (Å²) in [6.07, 6.45) is 1.66. The van der Waals surface area contributed by atoms with E-state index < -0.39 is 6.09 Å². The molecule has 2 unspecified atom stereocenters. The van der Waals surface area contributed by atoms with Gasteiger partial charge in [0.25, 0.3) is 0 Å². The number of nitrogens with two attached hydrogens (primary N) is 1. The van der Waals surface area contributed by atoms with Crippen LogP contribution in [0, 0.1) is 5.92 Å². The molecule has 6 nitrogen and oxygen atoms in total. The summed E-state index contributed by atoms with van der Waals surface area (Å²) in [6, 6.07) is 0.371. The number of imide groups is 1. The molecule has 2 saturated heterocycles. The maximum Gasteiger partial charge on any atom is 0.416 e. The van der Waals surface area contributed by atoms with Gasteiger partial charge in [-0.15, -0.1) is 0 Å². The topological polar surface area (TPSA) is 75.9 Å². The summed E-state index contributed by atoms with van der Waals surface area (Å²) in [6.45, 7) is 4.58. The van der Waals surface area contributed by atoms with Crippen molar-refractivity contribution in [3.63, 3.8) is 0 Å². The van der Waals surface area contributed by atoms with E-state index in [1.54, 1.807) is 0 Å². The van der Waals surface area contributed by atoms with E-state index in [4.69, 9.17) is 10.5 Å². The van der Waals surface area contributed by atoms with Gasteiger partial charge in [-0.1, -0.05) is 0 Å². The molecule has 102 valence electrons. The first-order valence-electron chi connectivity index (χ1n) is 6.53. The third kappa shape index (κ3) is 2.81. The molecule has 0 saturated carbocycles. The number of likely N-dealkylation sites (tertiary alicyclic amines) is 1. The Hall–Kier alpha value is -1.14. The molecule has 0 spiro atoms. The molecule has 0 aromatic rings. The van der Waals surface area contributed by atoms with Gasteiger partial charge in [0.1, 0.15) is 6.61 Å². The van der Waals surface area contributed by atoms with E-state index in [1.807, 2.05) is 0 Å². The van der Waals surface area contributed by atoms with E-state index in [0.29, 0.717) is 31.7 Å². The van der Waals surface area contributed by atoms with Crippen molar-refractivity contribution in [1.82, 2.24) is 9.80 Å². The largest absolute Gasteiger partial charge is 0.447 e. The van der Waals surface area contributed by atoms with Gasteiger partial charge in [0.2, 0.25) is 5.91 Å². The van der Waals surface area contributed by atoms with Crippen molar-refractivity contribution in [3.05, 3.63) is 0 Å². The summed E-state index contributed by atoms with van der Waals surface area (Å²) in [7, 11) is 0. The molecular weight excluding hydrogens is 234 g/mol. The van der Waals surface area contributed by atoms with Crippen LogP contribution in [0.4, 0.5) is 4.79 Å². The second kappa shape index (κ2) is 5.67. The van der Waals surface area contributed by atoms with E-state index >= 15 is 0 Å². The molecule has 2 N–H and O–H groups in total. The minimum atomic E-state index is -0.514. The molecular formula is C12H21N3O3. The normalized spacial score (nSPS) is 29.4. The van der Waals surface area contributed by atoms with Gasteiger partial charge in [0, 0.05) is 12.6 Å². The van der Waals surface area contributed by atoms with E-state index in [9.17, 15) is 9.59 Å². The predicted molar refractivity (Wildman–Crippen MR) is 65.9 cm³/mol. The number of nitrogens with zero attached hydrogens (tertiary/aromatic N) is 2. The minimum Gasteiger partial charge on any atom is -0.447 e. The van der Waals surface area contributed by atoms with E-state index in [-0.39, 0.29) is 12.5 Å². The highest BCUT2D eigenvalue weighted by atomic mass is 16.6. The van der Waals surface area contributed by atoms with Crippen LogP contribution >= 0.6 is 0 Å². The molecule has 18 heavy (non-hydrogen) atoms. The molecule has 0 aromatic heterocycles. The highest BCUT2D eigenvalue weighted by molar-refractivity contribution is 5.94. The molecule has 2 fully saturated rings. The lowest BCUT2D eigenvalue weighted by atomic mass is 9.93. The first-order chi connectivity index (χ1) is 8.61. The van der Waals surface area contributed by atoms with Gasteiger partial charge < -0.3 is 10.5 Å². The minimum absolute atomic E-state index is 0.165. The van der Waals surface area contributed by atoms with E-state index in [0.717, 1.165) is 19.4 Å². The molecule has 2 atom stereocenters. The van der Waals surface area contributed by atoms with Crippen molar-refractivity contribution in [2.24, 2.45) is 11.7 Å². The van der Waals surface area contributed by atoms with E-state index in [1.165, 1.54) is 4.90 Å². The highest BCUT2D eigenvalue weighted by Gasteiger charge is 2.32. The number of carbonyl (C=O) groups is 2. The Kier molecular flexibility index (Phi) is 4.19. The number of hydrogen-bond donors (Lipinski definition) is 1. The van der Waals surface area contributed by atoms with Crippen LogP contribution in [-0.4, -0.2) is 60.6 Å². The van der Waals surface area contributed by atoms with Crippen LogP contribution in [0.5, 0.6) is 0 Å². The van der Waals surface area contributed by atoms with Crippen molar-refractivity contribution >= 4 is 12.0 Å². The zero-order valence-electron chi connectivity index (χ0n) is 10.8. The second-order valence-corrected chi connectivity index (χ2v) is 5.12. The van der Waals surface area contributed by atoms with Crippen LogP contribution in [-0.2, 0) is 9.53 Å². The molecule has 2 heterocycles. The average Bonchev–Trinajstić information content (AvgIpc) is 2.78. The highest BCUT2D eigenvalue weighted by Crippen LogP contribution is 2.21. The Morgan fingerprint density at radius 3 is 2.89 bits per heavy atom. The number of carbonyl (C=O) groups excluding carboxylic acids is 2. The summed E-state index contributed by atoms with van der Waals surface area (Å²) >= 11 is 0. The molecule has 2 aliphatic heterocycles. The smallest absolute Gasteiger partial charge is 0.416 e. The molecule has 2 aliphatic rings. The number of piperidine rings is 1. The van der Waals surface area contributed by atoms with Gasteiger partial charge in [-0.2, -0.15) is 0 Å². The van der Waals surface area contributed by atoms with Gasteiger partial charge in [-0.25, -0.2) is 9.69 Å². The lowest BCUT2D eigenvalue weighted by Crippen LogP contribution is -2.49. The van der Waals surface area contributed by atoms with Crippen LogP contribution < -0.4 is 5.73 Å². The Labute approximate surface area is 107 Å². The number of cyclic esters (lactones) is 1. The summed E-state index contributed by atoms with van der Waals surface area (Å²) in [5.41, 5.74) is 5.69. The van der Waals surface area contributed by atoms with E-state index in [2.05, 4.69) is 11.8 Å². The van der Waals surface area contributed by atoms with Crippen molar-refractivity contribution in [2.75, 3.05) is 32.8 Å². The maximum absolute atomic E-state index is 12.0. The number of hydrogen-bond acceptors (Lipinski definition) is 5. The van der Waals surface area contributed by atoms with Crippen molar-refractivity contribution in [1.29, 1.82) is 0 Å². The van der Waals surface area contributed by atoms with Crippen LogP contribution in [0.25, 0.3) is 0 Å². The van der Waals surface area contributed by atoms with Crippen molar-refractivity contribution in [2.45, 2.75) is 25.8 Å². The molecule has 0 bridgehead atoms. The fraction of sp³-hybridized carbons (Fsp3) is 0.833. The Morgan fingerprint density at radius 2 is 2.28 bits per heavy atom. The van der Waals surface area contributed by atoms with Gasteiger partial charge >= 0.3 is 6.09 Å². The lowest BCUT2D eigenvalue weighted by Gasteiger charge is -2.37. The molecule has 2 amide bonds. The Bertz CT molecular complexity index is 335. The van der Waals surface area contributed by atoms with Crippen LogP contribution in [0.1, 0.15) is 19.8 Å². The maximum atomic E-state index is 12.0. The SMILES string of the molecule is CC1CCC(CN)CN1CC(=O)N1CCOC1=O. The summed E-state index contributed by atoms with van der Waals surface area (Å²) in [5.74, 6) is 0.293. The summed E-state index contributed by atoms with van der Waals surface area (Å²) in [5, 5.41) is 0.